The lowest BCUT2D eigenvalue weighted by Gasteiger charge is -2.15. The number of carbonyl (C=O) groups excluding carboxylic acids is 1. The molecule has 0 aliphatic carbocycles. The van der Waals surface area contributed by atoms with Crippen molar-refractivity contribution in [1.82, 2.24) is 9.47 Å². The molecule has 0 saturated heterocycles. The Morgan fingerprint density at radius 2 is 1.89 bits per heavy atom. The molecule has 1 amide bonds. The van der Waals surface area contributed by atoms with Gasteiger partial charge >= 0.3 is 5.97 Å². The number of aryl methyl sites for hydroxylation is 2. The van der Waals surface area contributed by atoms with E-state index < -0.39 is 11.5 Å². The van der Waals surface area contributed by atoms with Crippen LogP contribution in [0.1, 0.15) is 21.6 Å². The van der Waals surface area contributed by atoms with Gasteiger partial charge in [0.15, 0.2) is 0 Å². The second kappa shape index (κ2) is 5.03. The number of aromatic nitrogens is 1. The van der Waals surface area contributed by atoms with E-state index in [-0.39, 0.29) is 18.0 Å². The van der Waals surface area contributed by atoms with Crippen molar-refractivity contribution >= 4 is 11.9 Å². The highest BCUT2D eigenvalue weighted by molar-refractivity contribution is 5.89. The Hall–Kier alpha value is -2.11. The van der Waals surface area contributed by atoms with Crippen LogP contribution in [0.25, 0.3) is 0 Å². The maximum atomic E-state index is 12.0. The van der Waals surface area contributed by atoms with Gasteiger partial charge in [-0.15, -0.1) is 0 Å². The minimum Gasteiger partial charge on any atom is -0.477 e. The average molecular weight is 252 g/mol. The molecule has 0 aliphatic rings. The lowest BCUT2D eigenvalue weighted by molar-refractivity contribution is -0.129. The van der Waals surface area contributed by atoms with Crippen molar-refractivity contribution in [3.05, 3.63) is 33.2 Å². The number of rotatable bonds is 3. The number of aromatic carboxylic acids is 1. The van der Waals surface area contributed by atoms with E-state index in [1.54, 1.807) is 34.0 Å². The maximum Gasteiger partial charge on any atom is 0.341 e. The molecular weight excluding hydrogens is 236 g/mol. The number of carbonyl (C=O) groups is 2. The lowest BCUT2D eigenvalue weighted by Crippen LogP contribution is -2.35. The molecular formula is C12H16N2O4. The minimum atomic E-state index is -1.27. The van der Waals surface area contributed by atoms with Crippen molar-refractivity contribution in [2.75, 3.05) is 14.1 Å². The van der Waals surface area contributed by atoms with E-state index in [1.165, 1.54) is 9.47 Å². The van der Waals surface area contributed by atoms with Crippen LogP contribution < -0.4 is 5.56 Å². The van der Waals surface area contributed by atoms with Crippen LogP contribution in [-0.4, -0.2) is 40.5 Å². The third-order valence-corrected chi connectivity index (χ3v) is 2.71. The first kappa shape index (κ1) is 14.0. The predicted molar refractivity (Wildman–Crippen MR) is 65.8 cm³/mol. The second-order valence-corrected chi connectivity index (χ2v) is 4.33. The van der Waals surface area contributed by atoms with E-state index in [9.17, 15) is 14.4 Å². The Kier molecular flexibility index (Phi) is 3.90. The highest BCUT2D eigenvalue weighted by Gasteiger charge is 2.18. The molecule has 0 saturated carbocycles. The van der Waals surface area contributed by atoms with Gasteiger partial charge in [-0.2, -0.15) is 0 Å². The summed E-state index contributed by atoms with van der Waals surface area (Å²) in [6.07, 6.45) is 0. The van der Waals surface area contributed by atoms with Crippen molar-refractivity contribution < 1.29 is 14.7 Å². The highest BCUT2D eigenvalue weighted by Crippen LogP contribution is 2.06. The summed E-state index contributed by atoms with van der Waals surface area (Å²) in [5.41, 5.74) is 0.0404. The van der Waals surface area contributed by atoms with Gasteiger partial charge in [0.25, 0.3) is 5.56 Å². The molecule has 1 N–H and O–H groups in total. The van der Waals surface area contributed by atoms with E-state index in [4.69, 9.17) is 5.11 Å². The fourth-order valence-corrected chi connectivity index (χ4v) is 1.66. The van der Waals surface area contributed by atoms with Gasteiger partial charge in [0, 0.05) is 19.8 Å². The van der Waals surface area contributed by atoms with Gasteiger partial charge in [0.2, 0.25) is 5.91 Å². The summed E-state index contributed by atoms with van der Waals surface area (Å²) in [4.78, 5) is 36.0. The Labute approximate surface area is 104 Å². The second-order valence-electron chi connectivity index (χ2n) is 4.33. The highest BCUT2D eigenvalue weighted by atomic mass is 16.4. The zero-order valence-corrected chi connectivity index (χ0v) is 10.9. The smallest absolute Gasteiger partial charge is 0.341 e. The summed E-state index contributed by atoms with van der Waals surface area (Å²) in [5, 5.41) is 9.00. The van der Waals surface area contributed by atoms with E-state index in [0.29, 0.717) is 11.3 Å². The summed E-state index contributed by atoms with van der Waals surface area (Å²) in [7, 11) is 3.16. The van der Waals surface area contributed by atoms with Crippen molar-refractivity contribution in [3.63, 3.8) is 0 Å². The van der Waals surface area contributed by atoms with E-state index in [2.05, 4.69) is 0 Å². The molecule has 0 radical (unpaired) electrons. The average Bonchev–Trinajstić information content (AvgIpc) is 2.22. The van der Waals surface area contributed by atoms with Crippen molar-refractivity contribution in [2.45, 2.75) is 20.4 Å². The number of pyridine rings is 1. The molecule has 0 aliphatic heterocycles. The van der Waals surface area contributed by atoms with Gasteiger partial charge in [0.1, 0.15) is 12.1 Å². The van der Waals surface area contributed by atoms with E-state index >= 15 is 0 Å². The summed E-state index contributed by atoms with van der Waals surface area (Å²) < 4.78 is 1.18. The van der Waals surface area contributed by atoms with Crippen LogP contribution in [0.4, 0.5) is 0 Å². The SMILES string of the molecule is Cc1cc(C)n(CC(=O)N(C)C)c(=O)c1C(=O)O. The molecule has 98 valence electrons. The molecule has 1 rings (SSSR count). The zero-order valence-electron chi connectivity index (χ0n) is 10.9. The molecule has 6 nitrogen and oxygen atoms in total. The van der Waals surface area contributed by atoms with Crippen LogP contribution in [0.3, 0.4) is 0 Å². The molecule has 1 heterocycles. The lowest BCUT2D eigenvalue weighted by atomic mass is 10.1. The quantitative estimate of drug-likeness (QED) is 0.836. The fraction of sp³-hybridized carbons (Fsp3) is 0.417. The number of carboxylic acids is 1. The Morgan fingerprint density at radius 1 is 1.33 bits per heavy atom. The molecule has 0 spiro atoms. The van der Waals surface area contributed by atoms with Crippen LogP contribution in [0, 0.1) is 13.8 Å². The predicted octanol–water partition coefficient (Wildman–Crippen LogP) is 0.252. The maximum absolute atomic E-state index is 12.0. The molecule has 0 aromatic carbocycles. The van der Waals surface area contributed by atoms with Crippen LogP contribution in [0.5, 0.6) is 0 Å². The summed E-state index contributed by atoms with van der Waals surface area (Å²) in [5.74, 6) is -1.54. The molecule has 6 heteroatoms. The zero-order chi connectivity index (χ0) is 14.0. The minimum absolute atomic E-state index is 0.155. The first-order chi connectivity index (χ1) is 8.25. The normalized spacial score (nSPS) is 10.2. The van der Waals surface area contributed by atoms with Gasteiger partial charge in [-0.3, -0.25) is 9.59 Å². The number of amides is 1. The molecule has 0 unspecified atom stereocenters. The largest absolute Gasteiger partial charge is 0.477 e. The first-order valence-electron chi connectivity index (χ1n) is 5.40. The van der Waals surface area contributed by atoms with Gasteiger partial charge < -0.3 is 14.6 Å². The third-order valence-electron chi connectivity index (χ3n) is 2.71. The summed E-state index contributed by atoms with van der Waals surface area (Å²) in [6, 6.07) is 1.59. The fourth-order valence-electron chi connectivity index (χ4n) is 1.66. The Morgan fingerprint density at radius 3 is 2.33 bits per heavy atom. The number of likely N-dealkylation sites (N-methyl/N-ethyl adjacent to an activating group) is 1. The Bertz CT molecular complexity index is 558. The van der Waals surface area contributed by atoms with Gasteiger partial charge in [0.05, 0.1) is 0 Å². The summed E-state index contributed by atoms with van der Waals surface area (Å²) >= 11 is 0. The standard InChI is InChI=1S/C12H16N2O4/c1-7-5-8(2)14(6-9(15)13(3)4)11(16)10(7)12(17)18/h5H,6H2,1-4H3,(H,17,18). The third kappa shape index (κ3) is 2.58. The van der Waals surface area contributed by atoms with Crippen molar-refractivity contribution in [1.29, 1.82) is 0 Å². The van der Waals surface area contributed by atoms with Crippen molar-refractivity contribution in [3.8, 4) is 0 Å². The number of hydrogen-bond donors (Lipinski definition) is 1. The van der Waals surface area contributed by atoms with Gasteiger partial charge in [-0.05, 0) is 25.5 Å². The van der Waals surface area contributed by atoms with E-state index in [0.717, 1.165) is 0 Å². The van der Waals surface area contributed by atoms with Crippen LogP contribution in [0.15, 0.2) is 10.9 Å². The van der Waals surface area contributed by atoms with E-state index in [1.807, 2.05) is 0 Å². The molecule has 0 fully saturated rings. The molecule has 18 heavy (non-hydrogen) atoms. The Balaban J connectivity index is 3.37. The summed E-state index contributed by atoms with van der Waals surface area (Å²) in [6.45, 7) is 3.08. The molecule has 0 bridgehead atoms. The number of nitrogens with zero attached hydrogens (tertiary/aromatic N) is 2. The molecule has 1 aromatic rings. The monoisotopic (exact) mass is 252 g/mol. The number of hydrogen-bond acceptors (Lipinski definition) is 3. The number of carboxylic acid groups (broad SMARTS) is 1. The van der Waals surface area contributed by atoms with Gasteiger partial charge in [-0.1, -0.05) is 0 Å². The first-order valence-corrected chi connectivity index (χ1v) is 5.40. The van der Waals surface area contributed by atoms with Crippen LogP contribution >= 0.6 is 0 Å². The van der Waals surface area contributed by atoms with Crippen molar-refractivity contribution in [2.24, 2.45) is 0 Å². The molecule has 0 atom stereocenters. The topological polar surface area (TPSA) is 79.6 Å². The van der Waals surface area contributed by atoms with Crippen LogP contribution in [-0.2, 0) is 11.3 Å². The molecule has 1 aromatic heterocycles. The van der Waals surface area contributed by atoms with Crippen LogP contribution in [0.2, 0.25) is 0 Å². The van der Waals surface area contributed by atoms with Gasteiger partial charge in [-0.25, -0.2) is 4.79 Å².